The summed E-state index contributed by atoms with van der Waals surface area (Å²) in [7, 11) is 0. The number of hydrogen-bond acceptors (Lipinski definition) is 9. The highest BCUT2D eigenvalue weighted by Gasteiger charge is 2.87. The second-order valence-electron chi connectivity index (χ2n) is 11.6. The highest BCUT2D eigenvalue weighted by Crippen LogP contribution is 2.75. The van der Waals surface area contributed by atoms with Gasteiger partial charge in [-0.3, -0.25) is 9.59 Å². The predicted octanol–water partition coefficient (Wildman–Crippen LogP) is 2.46. The summed E-state index contributed by atoms with van der Waals surface area (Å²) in [5.41, 5.74) is -7.51. The van der Waals surface area contributed by atoms with Crippen molar-refractivity contribution in [2.75, 3.05) is 0 Å². The van der Waals surface area contributed by atoms with E-state index in [1.54, 1.807) is 19.9 Å². The number of fused-ring (bicyclic) bond motifs is 2. The van der Waals surface area contributed by atoms with Crippen LogP contribution < -0.4 is 0 Å². The van der Waals surface area contributed by atoms with E-state index in [0.29, 0.717) is 17.6 Å². The van der Waals surface area contributed by atoms with E-state index in [9.17, 15) is 24.3 Å². The van der Waals surface area contributed by atoms with E-state index in [0.717, 1.165) is 0 Å². The van der Waals surface area contributed by atoms with Crippen LogP contribution in [0.25, 0.3) is 0 Å². The number of carbonyl (C=O) groups is 4. The van der Waals surface area contributed by atoms with Crippen LogP contribution in [0.4, 0.5) is 0 Å². The first kappa shape index (κ1) is 24.7. The molecular weight excluding hydrogens is 468 g/mol. The van der Waals surface area contributed by atoms with Crippen molar-refractivity contribution < 1.29 is 43.2 Å². The normalized spacial score (nSPS) is 46.6. The van der Waals surface area contributed by atoms with Gasteiger partial charge in [-0.15, -0.1) is 0 Å². The maximum Gasteiger partial charge on any atom is 0.344 e. The zero-order chi connectivity index (χ0) is 26.9. The summed E-state index contributed by atoms with van der Waals surface area (Å²) in [4.78, 5) is 51.9. The van der Waals surface area contributed by atoms with Gasteiger partial charge >= 0.3 is 23.9 Å². The monoisotopic (exact) mass is 500 g/mol. The van der Waals surface area contributed by atoms with Gasteiger partial charge in [0, 0.05) is 23.8 Å². The van der Waals surface area contributed by atoms with Crippen molar-refractivity contribution in [3.63, 3.8) is 0 Å². The minimum absolute atomic E-state index is 0.137. The number of rotatable bonds is 1. The summed E-state index contributed by atoms with van der Waals surface area (Å²) in [6.07, 6.45) is 1.55. The van der Waals surface area contributed by atoms with Crippen LogP contribution in [0.1, 0.15) is 61.3 Å². The summed E-state index contributed by atoms with van der Waals surface area (Å²) in [6, 6.07) is 0. The summed E-state index contributed by atoms with van der Waals surface area (Å²) in [5, 5.41) is 12.0. The fourth-order valence-electron chi connectivity index (χ4n) is 8.02. The third-order valence-electron chi connectivity index (χ3n) is 9.91. The number of cyclic esters (lactones) is 2. The Hall–Kier alpha value is -2.94. The van der Waals surface area contributed by atoms with Gasteiger partial charge in [0.1, 0.15) is 17.1 Å². The van der Waals surface area contributed by atoms with Crippen molar-refractivity contribution in [2.24, 2.45) is 16.2 Å². The molecule has 0 aromatic rings. The maximum atomic E-state index is 13.8. The molecule has 2 bridgehead atoms. The lowest BCUT2D eigenvalue weighted by Gasteiger charge is -2.67. The smallest absolute Gasteiger partial charge is 0.344 e. The van der Waals surface area contributed by atoms with Crippen molar-refractivity contribution in [3.05, 3.63) is 35.5 Å². The van der Waals surface area contributed by atoms with Crippen LogP contribution in [0.15, 0.2) is 35.5 Å². The van der Waals surface area contributed by atoms with Crippen molar-refractivity contribution in [2.45, 2.75) is 90.3 Å². The van der Waals surface area contributed by atoms with Crippen LogP contribution in [0.5, 0.6) is 0 Å². The molecule has 0 aromatic carbocycles. The molecule has 0 aromatic heterocycles. The van der Waals surface area contributed by atoms with E-state index < -0.39 is 69.1 Å². The van der Waals surface area contributed by atoms with E-state index >= 15 is 0 Å². The molecule has 9 nitrogen and oxygen atoms in total. The molecule has 2 saturated heterocycles. The molecule has 194 valence electrons. The van der Waals surface area contributed by atoms with E-state index in [-0.39, 0.29) is 12.0 Å². The van der Waals surface area contributed by atoms with Crippen molar-refractivity contribution in [3.8, 4) is 0 Å². The van der Waals surface area contributed by atoms with E-state index in [2.05, 4.69) is 6.58 Å². The van der Waals surface area contributed by atoms with Gasteiger partial charge in [-0.2, -0.15) is 0 Å². The average Bonchev–Trinajstić information content (AvgIpc) is 2.96. The summed E-state index contributed by atoms with van der Waals surface area (Å²) >= 11 is 0. The fraction of sp³-hybridized carbons (Fsp3) is 0.630. The number of ether oxygens (including phenoxy) is 4. The molecule has 2 spiro atoms. The lowest BCUT2D eigenvalue weighted by molar-refractivity contribution is -0.244. The Balaban J connectivity index is 1.92. The van der Waals surface area contributed by atoms with Gasteiger partial charge in [0.2, 0.25) is 5.60 Å². The van der Waals surface area contributed by atoms with Crippen molar-refractivity contribution >= 4 is 23.9 Å². The average molecular weight is 501 g/mol. The molecule has 0 amide bonds. The molecule has 7 atom stereocenters. The van der Waals surface area contributed by atoms with Gasteiger partial charge in [0.15, 0.2) is 11.7 Å². The number of hydrogen-bond donors (Lipinski definition) is 1. The first-order chi connectivity index (χ1) is 16.5. The summed E-state index contributed by atoms with van der Waals surface area (Å²) < 4.78 is 23.0. The van der Waals surface area contributed by atoms with Crippen LogP contribution >= 0.6 is 0 Å². The first-order valence-corrected chi connectivity index (χ1v) is 12.2. The fourth-order valence-corrected chi connectivity index (χ4v) is 8.02. The second kappa shape index (κ2) is 6.68. The number of aliphatic hydroxyl groups is 1. The molecule has 5 aliphatic rings. The highest BCUT2D eigenvalue weighted by atomic mass is 16.6. The van der Waals surface area contributed by atoms with Crippen LogP contribution in [0, 0.1) is 16.2 Å². The van der Waals surface area contributed by atoms with Crippen LogP contribution in [-0.2, 0) is 38.1 Å². The Kier molecular flexibility index (Phi) is 4.59. The van der Waals surface area contributed by atoms with Crippen LogP contribution in [0.2, 0.25) is 0 Å². The lowest BCUT2D eigenvalue weighted by Crippen LogP contribution is -2.79. The number of esters is 4. The van der Waals surface area contributed by atoms with Crippen LogP contribution in [-0.4, -0.2) is 58.0 Å². The largest absolute Gasteiger partial charge is 0.458 e. The Morgan fingerprint density at radius 2 is 1.75 bits per heavy atom. The molecule has 9 heteroatoms. The van der Waals surface area contributed by atoms with E-state index in [1.807, 2.05) is 20.8 Å². The van der Waals surface area contributed by atoms with Gasteiger partial charge in [-0.05, 0) is 58.6 Å². The highest BCUT2D eigenvalue weighted by molar-refractivity contribution is 6.01. The van der Waals surface area contributed by atoms with E-state index in [1.165, 1.54) is 19.9 Å². The molecule has 0 unspecified atom stereocenters. The topological polar surface area (TPSA) is 125 Å². The zero-order valence-corrected chi connectivity index (χ0v) is 21.6. The third-order valence-corrected chi connectivity index (χ3v) is 9.91. The second-order valence-corrected chi connectivity index (χ2v) is 11.6. The molecule has 2 aliphatic carbocycles. The minimum Gasteiger partial charge on any atom is -0.458 e. The standard InChI is InChI=1S/C27H32O9/c1-13-18-19(34-16(4)28)24(8)14(2)26(20(30)33-15(3)27(26,32)21(31)36-24)23(18,7)11-12-25(13)10-9-17(29)35-22(25,5)6/h9-10,15,19,32H,2,11-12H2,1,3-8H3/t15-,19+,23-,24+,25+,26+,27-/m0/s1. The predicted molar refractivity (Wildman–Crippen MR) is 124 cm³/mol. The molecule has 3 aliphatic heterocycles. The molecule has 3 fully saturated rings. The molecule has 3 heterocycles. The molecule has 36 heavy (non-hydrogen) atoms. The minimum atomic E-state index is -2.34. The first-order valence-electron chi connectivity index (χ1n) is 12.2. The molecule has 1 saturated carbocycles. The Bertz CT molecular complexity index is 1230. The maximum absolute atomic E-state index is 13.8. The molecule has 1 N–H and O–H groups in total. The van der Waals surface area contributed by atoms with E-state index in [4.69, 9.17) is 18.9 Å². The van der Waals surface area contributed by atoms with Gasteiger partial charge in [-0.1, -0.05) is 25.2 Å². The molecule has 0 radical (unpaired) electrons. The van der Waals surface area contributed by atoms with Crippen LogP contribution in [0.3, 0.4) is 0 Å². The SMILES string of the molecule is C=C1[C@]23C(=O)O[C@@H](C)[C@]2(O)C(=O)O[C@@]1(C)[C@H](OC(C)=O)C1=C(C)[C@@]2(C=CC(=O)OC2(C)C)CC[C@@]13C. The van der Waals surface area contributed by atoms with Gasteiger partial charge < -0.3 is 24.1 Å². The Morgan fingerprint density at radius 1 is 1.11 bits per heavy atom. The van der Waals surface area contributed by atoms with Gasteiger partial charge in [0.25, 0.3) is 0 Å². The lowest BCUT2D eigenvalue weighted by atomic mass is 9.38. The molecular formula is C27H32O9. The molecule has 5 rings (SSSR count). The quantitative estimate of drug-likeness (QED) is 0.328. The zero-order valence-electron chi connectivity index (χ0n) is 21.6. The summed E-state index contributed by atoms with van der Waals surface area (Å²) in [5.74, 6) is -2.86. The van der Waals surface area contributed by atoms with Crippen molar-refractivity contribution in [1.29, 1.82) is 0 Å². The Morgan fingerprint density at radius 3 is 2.33 bits per heavy atom. The van der Waals surface area contributed by atoms with Crippen molar-refractivity contribution in [1.82, 2.24) is 0 Å². The van der Waals surface area contributed by atoms with Gasteiger partial charge in [-0.25, -0.2) is 9.59 Å². The summed E-state index contributed by atoms with van der Waals surface area (Å²) in [6.45, 7) is 15.7. The van der Waals surface area contributed by atoms with Gasteiger partial charge in [0.05, 0.1) is 0 Å². The third kappa shape index (κ3) is 2.28. The Labute approximate surface area is 209 Å². The number of carbonyl (C=O) groups excluding carboxylic acids is 4.